The Labute approximate surface area is 149 Å². The van der Waals surface area contributed by atoms with E-state index in [1.54, 1.807) is 0 Å². The summed E-state index contributed by atoms with van der Waals surface area (Å²) in [7, 11) is 0. The molecule has 1 aromatic carbocycles. The normalized spacial score (nSPS) is 29.1. The monoisotopic (exact) mass is 342 g/mol. The smallest absolute Gasteiger partial charge is 0.319 e. The molecule has 1 saturated heterocycles. The molecule has 0 bridgehead atoms. The highest BCUT2D eigenvalue weighted by molar-refractivity contribution is 5.93. The van der Waals surface area contributed by atoms with E-state index in [9.17, 15) is 4.79 Å². The molecule has 3 rings (SSSR count). The Hall–Kier alpha value is -2.26. The third-order valence-electron chi connectivity index (χ3n) is 4.91. The number of benzene rings is 1. The maximum Gasteiger partial charge on any atom is 0.319 e. The van der Waals surface area contributed by atoms with Crippen molar-refractivity contribution < 1.29 is 9.53 Å². The van der Waals surface area contributed by atoms with Crippen LogP contribution in [-0.4, -0.2) is 37.4 Å². The van der Waals surface area contributed by atoms with Crippen molar-refractivity contribution in [3.8, 4) is 6.07 Å². The van der Waals surface area contributed by atoms with Gasteiger partial charge in [-0.1, -0.05) is 12.1 Å². The first-order valence-electron chi connectivity index (χ1n) is 9.03. The second-order valence-corrected chi connectivity index (χ2v) is 7.05. The Morgan fingerprint density at radius 1 is 1.24 bits per heavy atom. The van der Waals surface area contributed by atoms with E-state index < -0.39 is 0 Å². The van der Waals surface area contributed by atoms with E-state index in [-0.39, 0.29) is 30.2 Å². The van der Waals surface area contributed by atoms with Crippen LogP contribution in [-0.2, 0) is 4.74 Å². The summed E-state index contributed by atoms with van der Waals surface area (Å²) in [5.41, 5.74) is 1.79. The van der Waals surface area contributed by atoms with E-state index in [0.29, 0.717) is 0 Å². The maximum atomic E-state index is 12.4. The van der Waals surface area contributed by atoms with E-state index in [1.807, 2.05) is 24.3 Å². The van der Waals surface area contributed by atoms with Crippen LogP contribution in [0.15, 0.2) is 24.3 Å². The van der Waals surface area contributed by atoms with Gasteiger partial charge in [-0.15, -0.1) is 0 Å². The number of nitrogens with zero attached hydrogens (tertiary/aromatic N) is 2. The number of morpholine rings is 1. The summed E-state index contributed by atoms with van der Waals surface area (Å²) in [6, 6.07) is 9.82. The van der Waals surface area contributed by atoms with Crippen molar-refractivity contribution >= 4 is 17.4 Å². The number of carbonyl (C=O) groups excluding carboxylic acids is 1. The molecule has 1 aliphatic carbocycles. The number of hydrogen-bond acceptors (Lipinski definition) is 4. The molecule has 0 aromatic heterocycles. The summed E-state index contributed by atoms with van der Waals surface area (Å²) in [5.74, 6) is -0.0815. The van der Waals surface area contributed by atoms with Gasteiger partial charge in [0.1, 0.15) is 0 Å². The first kappa shape index (κ1) is 17.6. The number of anilines is 2. The standard InChI is InChI=1S/C19H26N4O2/c1-13-11-23(12-14(2)25-13)18-9-4-3-7-17(18)22-19(24)21-16-8-5-6-15(16)10-20/h3-4,7,9,13-16H,5-6,8,11-12H2,1-2H3,(H2,21,22,24)/t13-,14-,15-,16-/m1/s1. The number of carbonyl (C=O) groups is 1. The molecule has 0 radical (unpaired) electrons. The molecule has 1 aromatic rings. The van der Waals surface area contributed by atoms with Crippen LogP contribution in [0, 0.1) is 17.2 Å². The zero-order chi connectivity index (χ0) is 17.8. The van der Waals surface area contributed by atoms with Crippen LogP contribution < -0.4 is 15.5 Å². The summed E-state index contributed by atoms with van der Waals surface area (Å²) in [6.45, 7) is 5.72. The number of nitrogens with one attached hydrogen (secondary N) is 2. The third-order valence-corrected chi connectivity index (χ3v) is 4.91. The van der Waals surface area contributed by atoms with E-state index in [0.717, 1.165) is 43.7 Å². The molecule has 1 aliphatic heterocycles. The van der Waals surface area contributed by atoms with Crippen LogP contribution in [0.1, 0.15) is 33.1 Å². The highest BCUT2D eigenvalue weighted by Crippen LogP contribution is 2.29. The van der Waals surface area contributed by atoms with Crippen LogP contribution in [0.3, 0.4) is 0 Å². The molecule has 2 aliphatic rings. The number of urea groups is 1. The highest BCUT2D eigenvalue weighted by atomic mass is 16.5. The quantitative estimate of drug-likeness (QED) is 0.885. The SMILES string of the molecule is C[C@@H]1CN(c2ccccc2NC(=O)N[C@@H]2CCC[C@@H]2C#N)C[C@@H](C)O1. The van der Waals surface area contributed by atoms with Crippen molar-refractivity contribution in [3.05, 3.63) is 24.3 Å². The van der Waals surface area contributed by atoms with Gasteiger partial charge >= 0.3 is 6.03 Å². The number of ether oxygens (including phenoxy) is 1. The van der Waals surface area contributed by atoms with Gasteiger partial charge in [0.2, 0.25) is 0 Å². The summed E-state index contributed by atoms with van der Waals surface area (Å²) < 4.78 is 5.80. The van der Waals surface area contributed by atoms with E-state index in [4.69, 9.17) is 10.00 Å². The lowest BCUT2D eigenvalue weighted by atomic mass is 10.1. The molecule has 2 amide bonds. The molecule has 6 heteroatoms. The summed E-state index contributed by atoms with van der Waals surface area (Å²) in [5, 5.41) is 15.1. The predicted molar refractivity (Wildman–Crippen MR) is 97.6 cm³/mol. The van der Waals surface area contributed by atoms with Gasteiger partial charge in [0.25, 0.3) is 0 Å². The summed E-state index contributed by atoms with van der Waals surface area (Å²) >= 11 is 0. The molecule has 0 spiro atoms. The predicted octanol–water partition coefficient (Wildman–Crippen LogP) is 3.11. The van der Waals surface area contributed by atoms with Gasteiger partial charge in [-0.3, -0.25) is 0 Å². The first-order chi connectivity index (χ1) is 12.1. The Kier molecular flexibility index (Phi) is 5.44. The van der Waals surface area contributed by atoms with E-state index >= 15 is 0 Å². The Balaban J connectivity index is 1.68. The lowest BCUT2D eigenvalue weighted by molar-refractivity contribution is -0.00517. The van der Waals surface area contributed by atoms with Crippen LogP contribution in [0.5, 0.6) is 0 Å². The second-order valence-electron chi connectivity index (χ2n) is 7.05. The second kappa shape index (κ2) is 7.75. The fourth-order valence-corrected chi connectivity index (χ4v) is 3.84. The van der Waals surface area contributed by atoms with Crippen molar-refractivity contribution in [2.75, 3.05) is 23.3 Å². The molecular weight excluding hydrogens is 316 g/mol. The largest absolute Gasteiger partial charge is 0.372 e. The lowest BCUT2D eigenvalue weighted by Crippen LogP contribution is -2.46. The number of nitriles is 1. The Bertz CT molecular complexity index is 647. The van der Waals surface area contributed by atoms with Crippen molar-refractivity contribution in [2.45, 2.75) is 51.4 Å². The van der Waals surface area contributed by atoms with Crippen LogP contribution >= 0.6 is 0 Å². The van der Waals surface area contributed by atoms with Gasteiger partial charge in [0.05, 0.1) is 35.6 Å². The van der Waals surface area contributed by atoms with Crippen molar-refractivity contribution in [1.82, 2.24) is 5.32 Å². The van der Waals surface area contributed by atoms with Gasteiger partial charge in [0.15, 0.2) is 0 Å². The lowest BCUT2D eigenvalue weighted by Gasteiger charge is -2.37. The Morgan fingerprint density at radius 2 is 1.96 bits per heavy atom. The van der Waals surface area contributed by atoms with Crippen LogP contribution in [0.2, 0.25) is 0 Å². The number of para-hydroxylation sites is 2. The van der Waals surface area contributed by atoms with Gasteiger partial charge in [-0.25, -0.2) is 4.79 Å². The molecule has 1 heterocycles. The summed E-state index contributed by atoms with van der Waals surface area (Å²) in [6.07, 6.45) is 3.03. The van der Waals surface area contributed by atoms with Gasteiger partial charge in [-0.05, 0) is 45.2 Å². The Morgan fingerprint density at radius 3 is 2.68 bits per heavy atom. The first-order valence-corrected chi connectivity index (χ1v) is 9.03. The van der Waals surface area contributed by atoms with Gasteiger partial charge in [-0.2, -0.15) is 5.26 Å². The topological polar surface area (TPSA) is 77.4 Å². The van der Waals surface area contributed by atoms with Crippen molar-refractivity contribution in [1.29, 1.82) is 5.26 Å². The fourth-order valence-electron chi connectivity index (χ4n) is 3.84. The minimum atomic E-state index is -0.242. The van der Waals surface area contributed by atoms with Crippen LogP contribution in [0.4, 0.5) is 16.2 Å². The fraction of sp³-hybridized carbons (Fsp3) is 0.579. The van der Waals surface area contributed by atoms with E-state index in [2.05, 4.69) is 35.5 Å². The molecule has 2 N–H and O–H groups in total. The third kappa shape index (κ3) is 4.23. The maximum absolute atomic E-state index is 12.4. The average molecular weight is 342 g/mol. The minimum Gasteiger partial charge on any atom is -0.372 e. The molecule has 2 fully saturated rings. The van der Waals surface area contributed by atoms with Crippen LogP contribution in [0.25, 0.3) is 0 Å². The average Bonchev–Trinajstić information content (AvgIpc) is 3.01. The number of hydrogen-bond donors (Lipinski definition) is 2. The van der Waals surface area contributed by atoms with Gasteiger partial charge in [0, 0.05) is 19.1 Å². The molecular formula is C19H26N4O2. The van der Waals surface area contributed by atoms with Crippen molar-refractivity contribution in [2.24, 2.45) is 5.92 Å². The molecule has 6 nitrogen and oxygen atoms in total. The summed E-state index contributed by atoms with van der Waals surface area (Å²) in [4.78, 5) is 14.7. The van der Waals surface area contributed by atoms with Gasteiger partial charge < -0.3 is 20.3 Å². The van der Waals surface area contributed by atoms with Crippen molar-refractivity contribution in [3.63, 3.8) is 0 Å². The molecule has 134 valence electrons. The number of rotatable bonds is 3. The minimum absolute atomic E-state index is 0.0550. The number of amides is 2. The zero-order valence-corrected chi connectivity index (χ0v) is 14.9. The molecule has 1 saturated carbocycles. The molecule has 25 heavy (non-hydrogen) atoms. The molecule has 4 atom stereocenters. The van der Waals surface area contributed by atoms with E-state index in [1.165, 1.54) is 0 Å². The zero-order valence-electron chi connectivity index (χ0n) is 14.9. The molecule has 0 unspecified atom stereocenters. The highest BCUT2D eigenvalue weighted by Gasteiger charge is 2.29.